The van der Waals surface area contributed by atoms with Crippen LogP contribution >= 0.6 is 0 Å². The van der Waals surface area contributed by atoms with E-state index in [4.69, 9.17) is 16.2 Å². The van der Waals surface area contributed by atoms with Crippen LogP contribution < -0.4 is 11.5 Å². The number of esters is 1. The minimum atomic E-state index is -1.35. The lowest BCUT2D eigenvalue weighted by molar-refractivity contribution is -0.146. The lowest BCUT2D eigenvalue weighted by atomic mass is 9.77. The highest BCUT2D eigenvalue weighted by atomic mass is 16.5. The number of amides is 2. The number of rotatable bonds is 11. The number of hydrogen-bond donors (Lipinski definition) is 4. The summed E-state index contributed by atoms with van der Waals surface area (Å²) in [6.07, 6.45) is 0.730. The van der Waals surface area contributed by atoms with E-state index in [9.17, 15) is 29.4 Å². The fourth-order valence-electron chi connectivity index (χ4n) is 4.41. The summed E-state index contributed by atoms with van der Waals surface area (Å²) < 4.78 is 4.91. The van der Waals surface area contributed by atoms with Gasteiger partial charge in [0.25, 0.3) is 0 Å². The van der Waals surface area contributed by atoms with Crippen LogP contribution in [0.2, 0.25) is 0 Å². The van der Waals surface area contributed by atoms with Crippen molar-refractivity contribution in [3.8, 4) is 0 Å². The molecule has 2 amide bonds. The van der Waals surface area contributed by atoms with E-state index in [2.05, 4.69) is 0 Å². The third kappa shape index (κ3) is 6.23. The molecule has 0 aromatic heterocycles. The molecular formula is C23H34N4O7. The summed E-state index contributed by atoms with van der Waals surface area (Å²) in [6.45, 7) is 2.17. The van der Waals surface area contributed by atoms with E-state index in [1.54, 1.807) is 31.2 Å². The maximum atomic E-state index is 13.6. The summed E-state index contributed by atoms with van der Waals surface area (Å²) in [6, 6.07) is 2.94. The van der Waals surface area contributed by atoms with Crippen molar-refractivity contribution in [2.24, 2.45) is 17.4 Å². The number of carbonyl (C=O) groups excluding carboxylic acids is 2. The lowest BCUT2D eigenvalue weighted by Gasteiger charge is -2.46. The summed E-state index contributed by atoms with van der Waals surface area (Å²) >= 11 is 0. The molecule has 4 atom stereocenters. The van der Waals surface area contributed by atoms with Gasteiger partial charge in [-0.1, -0.05) is 24.3 Å². The van der Waals surface area contributed by atoms with Crippen LogP contribution in [0, 0.1) is 5.92 Å². The number of aliphatic carboxylic acids is 2. The number of carboxylic acids is 2. The van der Waals surface area contributed by atoms with Gasteiger partial charge in [-0.15, -0.1) is 0 Å². The Morgan fingerprint density at radius 1 is 1.24 bits per heavy atom. The van der Waals surface area contributed by atoms with Crippen molar-refractivity contribution in [3.05, 3.63) is 35.4 Å². The second-order valence-corrected chi connectivity index (χ2v) is 8.33. The van der Waals surface area contributed by atoms with Gasteiger partial charge in [0.2, 0.25) is 0 Å². The first-order chi connectivity index (χ1) is 16.1. The van der Waals surface area contributed by atoms with Crippen molar-refractivity contribution in [3.63, 3.8) is 0 Å². The number of benzene rings is 1. The van der Waals surface area contributed by atoms with Crippen molar-refractivity contribution in [2.45, 2.75) is 50.7 Å². The van der Waals surface area contributed by atoms with E-state index in [0.29, 0.717) is 17.5 Å². The molecule has 0 saturated heterocycles. The van der Waals surface area contributed by atoms with Gasteiger partial charge in [-0.2, -0.15) is 0 Å². The molecule has 1 aliphatic heterocycles. The Bertz CT molecular complexity index is 894. The first-order valence-electron chi connectivity index (χ1n) is 11.3. The standard InChI is InChI=1S/C23H34N4O7/c1-3-34-18(28)10-12-26(2)23(33)27-17(21(29)30)13-14-7-4-5-8-15(14)20(27)16(9-6-11-24)19(25)22(31)32/h4-5,7-8,16-17,19-20H,3,6,9-13,24-25H2,1-2H3,(H,29,30)(H,31,32)/t16?,17-,19-,20?/m0/s1. The highest BCUT2D eigenvalue weighted by molar-refractivity contribution is 5.85. The van der Waals surface area contributed by atoms with E-state index in [0.717, 1.165) is 0 Å². The number of carbonyl (C=O) groups is 4. The van der Waals surface area contributed by atoms with Gasteiger partial charge in [0.1, 0.15) is 12.1 Å². The van der Waals surface area contributed by atoms with Crippen LogP contribution in [0.15, 0.2) is 24.3 Å². The van der Waals surface area contributed by atoms with Gasteiger partial charge in [-0.3, -0.25) is 9.59 Å². The number of hydrogen-bond acceptors (Lipinski definition) is 7. The number of urea groups is 1. The highest BCUT2D eigenvalue weighted by Gasteiger charge is 2.47. The molecule has 11 heteroatoms. The number of nitrogens with zero attached hydrogens (tertiary/aromatic N) is 2. The van der Waals surface area contributed by atoms with Crippen molar-refractivity contribution in [1.82, 2.24) is 9.80 Å². The summed E-state index contributed by atoms with van der Waals surface area (Å²) in [5.74, 6) is -3.73. The van der Waals surface area contributed by atoms with E-state index in [1.165, 1.54) is 16.8 Å². The predicted octanol–water partition coefficient (Wildman–Crippen LogP) is 0.811. The normalized spacial score (nSPS) is 19.0. The van der Waals surface area contributed by atoms with Crippen LogP contribution in [0.4, 0.5) is 4.79 Å². The molecule has 11 nitrogen and oxygen atoms in total. The summed E-state index contributed by atoms with van der Waals surface area (Å²) in [4.78, 5) is 52.0. The monoisotopic (exact) mass is 478 g/mol. The third-order valence-electron chi connectivity index (χ3n) is 6.11. The predicted molar refractivity (Wildman–Crippen MR) is 123 cm³/mol. The number of nitrogens with two attached hydrogens (primary N) is 2. The molecule has 0 radical (unpaired) electrons. The number of fused-ring (bicyclic) bond motifs is 1. The molecule has 2 rings (SSSR count). The van der Waals surface area contributed by atoms with Gasteiger partial charge in [0.15, 0.2) is 0 Å². The second kappa shape index (κ2) is 12.3. The Morgan fingerprint density at radius 2 is 1.91 bits per heavy atom. The van der Waals surface area contributed by atoms with Gasteiger partial charge in [-0.25, -0.2) is 9.59 Å². The number of carboxylic acid groups (broad SMARTS) is 2. The van der Waals surface area contributed by atoms with Gasteiger partial charge >= 0.3 is 23.9 Å². The van der Waals surface area contributed by atoms with Crippen molar-refractivity contribution >= 4 is 23.9 Å². The summed E-state index contributed by atoms with van der Waals surface area (Å²) in [7, 11) is 1.46. The molecule has 6 N–H and O–H groups in total. The molecule has 0 saturated carbocycles. The Hall–Kier alpha value is -3.18. The summed E-state index contributed by atoms with van der Waals surface area (Å²) in [5, 5.41) is 19.7. The van der Waals surface area contributed by atoms with E-state index in [-0.39, 0.29) is 39.0 Å². The molecule has 1 aliphatic rings. The Labute approximate surface area is 198 Å². The molecule has 1 aromatic rings. The molecule has 0 aliphatic carbocycles. The zero-order valence-electron chi connectivity index (χ0n) is 19.6. The lowest BCUT2D eigenvalue weighted by Crippen LogP contribution is -2.58. The van der Waals surface area contributed by atoms with E-state index >= 15 is 0 Å². The van der Waals surface area contributed by atoms with Gasteiger partial charge in [0.05, 0.1) is 19.1 Å². The third-order valence-corrected chi connectivity index (χ3v) is 6.11. The molecule has 0 bridgehead atoms. The second-order valence-electron chi connectivity index (χ2n) is 8.33. The fourth-order valence-corrected chi connectivity index (χ4v) is 4.41. The van der Waals surface area contributed by atoms with E-state index in [1.807, 2.05) is 0 Å². The van der Waals surface area contributed by atoms with Crippen molar-refractivity contribution < 1.29 is 34.1 Å². The molecule has 0 fully saturated rings. The Balaban J connectivity index is 2.54. The van der Waals surface area contributed by atoms with Crippen LogP contribution in [0.25, 0.3) is 0 Å². The zero-order chi connectivity index (χ0) is 25.4. The highest BCUT2D eigenvalue weighted by Crippen LogP contribution is 2.41. The minimum Gasteiger partial charge on any atom is -0.480 e. The molecular weight excluding hydrogens is 444 g/mol. The van der Waals surface area contributed by atoms with Crippen LogP contribution in [0.5, 0.6) is 0 Å². The average molecular weight is 479 g/mol. The van der Waals surface area contributed by atoms with Crippen molar-refractivity contribution in [1.29, 1.82) is 0 Å². The smallest absolute Gasteiger partial charge is 0.326 e. The number of ether oxygens (including phenoxy) is 1. The fraction of sp³-hybridized carbons (Fsp3) is 0.565. The van der Waals surface area contributed by atoms with Gasteiger partial charge < -0.3 is 36.2 Å². The van der Waals surface area contributed by atoms with E-state index < -0.39 is 48.0 Å². The van der Waals surface area contributed by atoms with Crippen LogP contribution in [-0.2, 0) is 25.5 Å². The zero-order valence-corrected chi connectivity index (χ0v) is 19.6. The SMILES string of the molecule is CCOC(=O)CCN(C)C(=O)N1C(C(CCCN)[C@H](N)C(=O)O)c2ccccc2C[C@H]1C(=O)O. The largest absolute Gasteiger partial charge is 0.480 e. The topological polar surface area (TPSA) is 176 Å². The Morgan fingerprint density at radius 3 is 2.50 bits per heavy atom. The quantitative estimate of drug-likeness (QED) is 0.335. The summed E-state index contributed by atoms with van der Waals surface area (Å²) in [5.41, 5.74) is 13.1. The van der Waals surface area contributed by atoms with Crippen LogP contribution in [0.1, 0.15) is 43.4 Å². The Kier molecular flexibility index (Phi) is 9.82. The van der Waals surface area contributed by atoms with Gasteiger partial charge in [0, 0.05) is 25.9 Å². The maximum absolute atomic E-state index is 13.6. The average Bonchev–Trinajstić information content (AvgIpc) is 2.81. The van der Waals surface area contributed by atoms with Crippen LogP contribution in [0.3, 0.4) is 0 Å². The molecule has 0 spiro atoms. The molecule has 2 unspecified atom stereocenters. The first-order valence-corrected chi connectivity index (χ1v) is 11.3. The first kappa shape index (κ1) is 27.1. The molecule has 188 valence electrons. The molecule has 1 heterocycles. The van der Waals surface area contributed by atoms with Crippen LogP contribution in [-0.4, -0.2) is 82.8 Å². The minimum absolute atomic E-state index is 0.00727. The molecule has 1 aromatic carbocycles. The van der Waals surface area contributed by atoms with Crippen molar-refractivity contribution in [2.75, 3.05) is 26.7 Å². The maximum Gasteiger partial charge on any atom is 0.326 e. The van der Waals surface area contributed by atoms with Gasteiger partial charge in [-0.05, 0) is 37.4 Å². The molecule has 34 heavy (non-hydrogen) atoms.